The summed E-state index contributed by atoms with van der Waals surface area (Å²) in [5.74, 6) is 0.765. The first-order valence-corrected chi connectivity index (χ1v) is 10.8. The third kappa shape index (κ3) is 4.49. The van der Waals surface area contributed by atoms with Gasteiger partial charge in [0.25, 0.3) is 0 Å². The van der Waals surface area contributed by atoms with Crippen LogP contribution in [0.15, 0.2) is 29.4 Å². The average molecular weight is 457 g/mol. The quantitative estimate of drug-likeness (QED) is 0.495. The number of rotatable bonds is 9. The molecule has 1 atom stereocenters. The van der Waals surface area contributed by atoms with E-state index in [4.69, 9.17) is 21.1 Å². The molecular weight excluding hydrogens is 438 g/mol. The number of halogens is 3. The Kier molecular flexibility index (Phi) is 6.05. The normalized spacial score (nSPS) is 14.8. The SMILES string of the molecule is COc1nc(NS(=O)c2c[nH]c3c(OC4CC4)c(Cl)ccc23)ncc1CCC(F)F. The first-order chi connectivity index (χ1) is 14.5. The van der Waals surface area contributed by atoms with Gasteiger partial charge in [-0.25, -0.2) is 18.0 Å². The molecule has 11 heteroatoms. The van der Waals surface area contributed by atoms with Gasteiger partial charge in [-0.05, 0) is 31.4 Å². The molecule has 160 valence electrons. The third-order valence-electron chi connectivity index (χ3n) is 4.57. The number of nitrogens with zero attached hydrogens (tertiary/aromatic N) is 2. The largest absolute Gasteiger partial charge is 0.487 e. The third-order valence-corrected chi connectivity index (χ3v) is 5.97. The van der Waals surface area contributed by atoms with Gasteiger partial charge in [-0.15, -0.1) is 0 Å². The van der Waals surface area contributed by atoms with Crippen LogP contribution < -0.4 is 14.2 Å². The lowest BCUT2D eigenvalue weighted by molar-refractivity contribution is 0.137. The molecule has 2 heterocycles. The molecule has 0 bridgehead atoms. The molecule has 1 aliphatic carbocycles. The van der Waals surface area contributed by atoms with E-state index in [-0.39, 0.29) is 30.8 Å². The van der Waals surface area contributed by atoms with Crippen molar-refractivity contribution in [1.82, 2.24) is 15.0 Å². The van der Waals surface area contributed by atoms with E-state index in [1.54, 1.807) is 18.3 Å². The Balaban J connectivity index is 1.56. The van der Waals surface area contributed by atoms with E-state index in [0.717, 1.165) is 12.8 Å². The summed E-state index contributed by atoms with van der Waals surface area (Å²) in [5, 5.41) is 1.18. The van der Waals surface area contributed by atoms with Gasteiger partial charge in [-0.1, -0.05) is 11.6 Å². The molecule has 2 N–H and O–H groups in total. The highest BCUT2D eigenvalue weighted by atomic mass is 35.5. The molecule has 1 unspecified atom stereocenters. The second-order valence-electron chi connectivity index (χ2n) is 6.80. The lowest BCUT2D eigenvalue weighted by Crippen LogP contribution is -2.09. The standard InChI is InChI=1S/C19H19ClF2N4O3S/c1-28-18-10(2-7-15(21)22)8-24-19(25-18)26-30(27)14-9-23-16-12(14)5-6-13(20)17(16)29-11-3-4-11/h5-6,8-9,11,15,23H,2-4,7H2,1H3,(H,24,25,26). The number of anilines is 1. The smallest absolute Gasteiger partial charge is 0.239 e. The summed E-state index contributed by atoms with van der Waals surface area (Å²) in [6, 6.07) is 3.46. The Hall–Kier alpha value is -2.46. The van der Waals surface area contributed by atoms with E-state index in [1.807, 2.05) is 0 Å². The molecule has 1 fully saturated rings. The highest BCUT2D eigenvalue weighted by molar-refractivity contribution is 7.86. The zero-order chi connectivity index (χ0) is 21.3. The zero-order valence-electron chi connectivity index (χ0n) is 16.0. The number of methoxy groups -OCH3 is 1. The molecule has 0 spiro atoms. The maximum Gasteiger partial charge on any atom is 0.239 e. The van der Waals surface area contributed by atoms with Gasteiger partial charge in [0.05, 0.1) is 28.6 Å². The first-order valence-electron chi connectivity index (χ1n) is 9.29. The number of aromatic amines is 1. The number of ether oxygens (including phenoxy) is 2. The topological polar surface area (TPSA) is 89.1 Å². The summed E-state index contributed by atoms with van der Waals surface area (Å²) in [5.41, 5.74) is 1.12. The molecule has 1 aliphatic rings. The van der Waals surface area contributed by atoms with Crippen LogP contribution in [0.25, 0.3) is 10.9 Å². The van der Waals surface area contributed by atoms with Crippen LogP contribution in [0.1, 0.15) is 24.8 Å². The van der Waals surface area contributed by atoms with Crippen molar-refractivity contribution in [2.24, 2.45) is 0 Å². The number of aryl methyl sites for hydroxylation is 1. The molecule has 7 nitrogen and oxygen atoms in total. The predicted molar refractivity (Wildman–Crippen MR) is 110 cm³/mol. The molecule has 30 heavy (non-hydrogen) atoms. The average Bonchev–Trinajstić information content (AvgIpc) is 3.44. The number of alkyl halides is 2. The fraction of sp³-hybridized carbons (Fsp3) is 0.368. The van der Waals surface area contributed by atoms with Crippen LogP contribution in [0.5, 0.6) is 11.6 Å². The van der Waals surface area contributed by atoms with Crippen LogP contribution in [0.3, 0.4) is 0 Å². The van der Waals surface area contributed by atoms with Crippen molar-refractivity contribution >= 4 is 39.4 Å². The number of hydrogen-bond acceptors (Lipinski definition) is 5. The fourth-order valence-electron chi connectivity index (χ4n) is 2.93. The van der Waals surface area contributed by atoms with Crippen LogP contribution in [-0.2, 0) is 17.4 Å². The Labute approximate surface area is 178 Å². The molecule has 0 aliphatic heterocycles. The predicted octanol–water partition coefficient (Wildman–Crippen LogP) is 4.49. The zero-order valence-corrected chi connectivity index (χ0v) is 17.5. The van der Waals surface area contributed by atoms with E-state index < -0.39 is 17.4 Å². The van der Waals surface area contributed by atoms with E-state index >= 15 is 0 Å². The van der Waals surface area contributed by atoms with Crippen molar-refractivity contribution in [3.63, 3.8) is 0 Å². The second kappa shape index (κ2) is 8.73. The molecule has 0 radical (unpaired) electrons. The minimum Gasteiger partial charge on any atom is -0.487 e. The Morgan fingerprint density at radius 3 is 2.90 bits per heavy atom. The minimum absolute atomic E-state index is 0.0590. The fourth-order valence-corrected chi connectivity index (χ4v) is 4.05. The summed E-state index contributed by atoms with van der Waals surface area (Å²) < 4.78 is 51.6. The lowest BCUT2D eigenvalue weighted by atomic mass is 10.2. The highest BCUT2D eigenvalue weighted by Crippen LogP contribution is 2.39. The number of hydrogen-bond donors (Lipinski definition) is 2. The van der Waals surface area contributed by atoms with Gasteiger partial charge in [0.15, 0.2) is 16.7 Å². The second-order valence-corrected chi connectivity index (χ2v) is 8.39. The minimum atomic E-state index is -2.43. The summed E-state index contributed by atoms with van der Waals surface area (Å²) in [6.07, 6.45) is 2.47. The summed E-state index contributed by atoms with van der Waals surface area (Å²) in [6.45, 7) is 0. The lowest BCUT2D eigenvalue weighted by Gasteiger charge is -2.10. The molecule has 0 saturated heterocycles. The Bertz CT molecular complexity index is 1090. The van der Waals surface area contributed by atoms with Crippen LogP contribution in [0.2, 0.25) is 5.02 Å². The molecule has 3 aromatic rings. The van der Waals surface area contributed by atoms with Gasteiger partial charge in [-0.3, -0.25) is 4.72 Å². The van der Waals surface area contributed by atoms with Crippen molar-refractivity contribution < 1.29 is 22.5 Å². The summed E-state index contributed by atoms with van der Waals surface area (Å²) in [7, 11) is -0.310. The molecule has 2 aromatic heterocycles. The highest BCUT2D eigenvalue weighted by Gasteiger charge is 2.26. The molecule has 1 saturated carbocycles. The molecule has 1 aromatic carbocycles. The Morgan fingerprint density at radius 1 is 1.40 bits per heavy atom. The van der Waals surface area contributed by atoms with E-state index in [2.05, 4.69) is 19.7 Å². The van der Waals surface area contributed by atoms with Gasteiger partial charge in [0.1, 0.15) is 0 Å². The van der Waals surface area contributed by atoms with Crippen molar-refractivity contribution in [2.45, 2.75) is 43.1 Å². The summed E-state index contributed by atoms with van der Waals surface area (Å²) in [4.78, 5) is 11.8. The number of benzene rings is 1. The number of H-pyrrole nitrogens is 1. The first kappa shape index (κ1) is 20.8. The van der Waals surface area contributed by atoms with E-state index in [9.17, 15) is 13.0 Å². The van der Waals surface area contributed by atoms with E-state index in [0.29, 0.717) is 32.1 Å². The van der Waals surface area contributed by atoms with Crippen molar-refractivity contribution in [3.8, 4) is 11.6 Å². The van der Waals surface area contributed by atoms with Crippen LogP contribution in [0.4, 0.5) is 14.7 Å². The molecule has 4 rings (SSSR count). The van der Waals surface area contributed by atoms with Gasteiger partial charge >= 0.3 is 0 Å². The van der Waals surface area contributed by atoms with Gasteiger partial charge in [-0.2, -0.15) is 4.98 Å². The van der Waals surface area contributed by atoms with Crippen molar-refractivity contribution in [2.75, 3.05) is 11.8 Å². The number of fused-ring (bicyclic) bond motifs is 1. The Morgan fingerprint density at radius 2 is 2.20 bits per heavy atom. The van der Waals surface area contributed by atoms with Crippen molar-refractivity contribution in [3.05, 3.63) is 35.1 Å². The number of nitrogens with one attached hydrogen (secondary N) is 2. The van der Waals surface area contributed by atoms with Gasteiger partial charge in [0, 0.05) is 29.8 Å². The molecular formula is C19H19ClF2N4O3S. The van der Waals surface area contributed by atoms with E-state index in [1.165, 1.54) is 13.3 Å². The summed E-state index contributed by atoms with van der Waals surface area (Å²) >= 11 is 6.27. The van der Waals surface area contributed by atoms with Crippen LogP contribution in [0, 0.1) is 0 Å². The number of aromatic nitrogens is 3. The maximum absolute atomic E-state index is 12.9. The van der Waals surface area contributed by atoms with Crippen molar-refractivity contribution in [1.29, 1.82) is 0 Å². The molecule has 0 amide bonds. The van der Waals surface area contributed by atoms with Crippen LogP contribution in [-0.4, -0.2) is 38.8 Å². The van der Waals surface area contributed by atoms with Gasteiger partial charge in [0.2, 0.25) is 18.3 Å². The van der Waals surface area contributed by atoms with Crippen LogP contribution >= 0.6 is 11.6 Å². The maximum atomic E-state index is 12.9. The van der Waals surface area contributed by atoms with Gasteiger partial charge < -0.3 is 14.5 Å². The monoisotopic (exact) mass is 456 g/mol.